The molecule has 2 aromatic rings. The van der Waals surface area contributed by atoms with Gasteiger partial charge in [0.05, 0.1) is 6.54 Å². The Hall–Kier alpha value is -2.33. The van der Waals surface area contributed by atoms with Gasteiger partial charge in [-0.1, -0.05) is 54.9 Å². The zero-order valence-electron chi connectivity index (χ0n) is 13.7. The fourth-order valence-electron chi connectivity index (χ4n) is 3.10. The van der Waals surface area contributed by atoms with Crippen molar-refractivity contribution >= 4 is 23.5 Å². The SMILES string of the molecule is CCC1(c2ccc(Cl)cc2)NC(=O)N(Cc2ccccc2C)C1=O. The van der Waals surface area contributed by atoms with Crippen LogP contribution in [0.2, 0.25) is 5.02 Å². The van der Waals surface area contributed by atoms with Crippen LogP contribution < -0.4 is 5.32 Å². The van der Waals surface area contributed by atoms with E-state index in [0.29, 0.717) is 11.4 Å². The summed E-state index contributed by atoms with van der Waals surface area (Å²) in [6.45, 7) is 4.14. The molecule has 124 valence electrons. The summed E-state index contributed by atoms with van der Waals surface area (Å²) in [5, 5.41) is 3.48. The molecule has 2 aromatic carbocycles. The zero-order chi connectivity index (χ0) is 17.3. The molecule has 24 heavy (non-hydrogen) atoms. The van der Waals surface area contributed by atoms with E-state index in [1.54, 1.807) is 24.3 Å². The smallest absolute Gasteiger partial charge is 0.319 e. The number of aryl methyl sites for hydroxylation is 1. The summed E-state index contributed by atoms with van der Waals surface area (Å²) in [5.41, 5.74) is 1.74. The predicted octanol–water partition coefficient (Wildman–Crippen LogP) is 4.01. The first-order valence-electron chi connectivity index (χ1n) is 7.92. The fourth-order valence-corrected chi connectivity index (χ4v) is 3.23. The molecular weight excluding hydrogens is 324 g/mol. The largest absolute Gasteiger partial charge is 0.325 e. The molecule has 3 rings (SSSR count). The second-order valence-electron chi connectivity index (χ2n) is 6.01. The minimum Gasteiger partial charge on any atom is -0.319 e. The van der Waals surface area contributed by atoms with Crippen molar-refractivity contribution in [3.05, 3.63) is 70.2 Å². The summed E-state index contributed by atoms with van der Waals surface area (Å²) >= 11 is 5.94. The van der Waals surface area contributed by atoms with Gasteiger partial charge in [0.1, 0.15) is 5.54 Å². The topological polar surface area (TPSA) is 49.4 Å². The van der Waals surface area contributed by atoms with E-state index in [4.69, 9.17) is 11.6 Å². The van der Waals surface area contributed by atoms with Crippen LogP contribution in [0.1, 0.15) is 30.0 Å². The second-order valence-corrected chi connectivity index (χ2v) is 6.45. The molecule has 0 aromatic heterocycles. The van der Waals surface area contributed by atoms with E-state index >= 15 is 0 Å². The number of halogens is 1. The van der Waals surface area contributed by atoms with Crippen molar-refractivity contribution in [1.29, 1.82) is 0 Å². The number of amides is 3. The maximum absolute atomic E-state index is 13.1. The molecule has 1 heterocycles. The molecule has 5 heteroatoms. The number of nitrogens with zero attached hydrogens (tertiary/aromatic N) is 1. The van der Waals surface area contributed by atoms with E-state index in [1.807, 2.05) is 38.1 Å². The van der Waals surface area contributed by atoms with Crippen LogP contribution in [0.3, 0.4) is 0 Å². The van der Waals surface area contributed by atoms with Gasteiger partial charge in [-0.3, -0.25) is 9.69 Å². The summed E-state index contributed by atoms with van der Waals surface area (Å²) < 4.78 is 0. The van der Waals surface area contributed by atoms with E-state index in [-0.39, 0.29) is 18.5 Å². The van der Waals surface area contributed by atoms with Crippen LogP contribution in [0.25, 0.3) is 0 Å². The van der Waals surface area contributed by atoms with E-state index in [0.717, 1.165) is 16.7 Å². The Labute approximate surface area is 146 Å². The third kappa shape index (κ3) is 2.67. The number of urea groups is 1. The van der Waals surface area contributed by atoms with Crippen LogP contribution in [-0.4, -0.2) is 16.8 Å². The van der Waals surface area contributed by atoms with Gasteiger partial charge in [-0.05, 0) is 42.2 Å². The van der Waals surface area contributed by atoms with Crippen LogP contribution in [0.15, 0.2) is 48.5 Å². The number of rotatable bonds is 4. The highest BCUT2D eigenvalue weighted by Crippen LogP contribution is 2.34. The lowest BCUT2D eigenvalue weighted by atomic mass is 9.87. The van der Waals surface area contributed by atoms with Gasteiger partial charge in [0.15, 0.2) is 0 Å². The van der Waals surface area contributed by atoms with Gasteiger partial charge >= 0.3 is 6.03 Å². The van der Waals surface area contributed by atoms with E-state index in [1.165, 1.54) is 4.90 Å². The quantitative estimate of drug-likeness (QED) is 0.853. The Morgan fingerprint density at radius 1 is 1.08 bits per heavy atom. The second kappa shape index (κ2) is 6.29. The van der Waals surface area contributed by atoms with E-state index < -0.39 is 5.54 Å². The summed E-state index contributed by atoms with van der Waals surface area (Å²) in [5.74, 6) is -0.222. The minimum atomic E-state index is -1.02. The van der Waals surface area contributed by atoms with Crippen LogP contribution in [-0.2, 0) is 16.9 Å². The van der Waals surface area contributed by atoms with Crippen molar-refractivity contribution in [2.45, 2.75) is 32.4 Å². The fraction of sp³-hybridized carbons (Fsp3) is 0.263. The van der Waals surface area contributed by atoms with Crippen molar-refractivity contribution in [3.63, 3.8) is 0 Å². The maximum Gasteiger partial charge on any atom is 0.325 e. The molecule has 0 saturated carbocycles. The summed E-state index contributed by atoms with van der Waals surface area (Å²) in [6.07, 6.45) is 0.476. The molecule has 0 radical (unpaired) electrons. The highest BCUT2D eigenvalue weighted by atomic mass is 35.5. The lowest BCUT2D eigenvalue weighted by Crippen LogP contribution is -2.43. The molecule has 1 N–H and O–H groups in total. The standard InChI is InChI=1S/C19H19ClN2O2/c1-3-19(15-8-10-16(20)11-9-15)17(23)22(18(24)21-19)12-14-7-5-4-6-13(14)2/h4-11H,3,12H2,1-2H3,(H,21,24). The Balaban J connectivity index is 1.95. The Bertz CT molecular complexity index is 788. The monoisotopic (exact) mass is 342 g/mol. The highest BCUT2D eigenvalue weighted by Gasteiger charge is 2.51. The van der Waals surface area contributed by atoms with Gasteiger partial charge in [-0.15, -0.1) is 0 Å². The maximum atomic E-state index is 13.1. The Kier molecular flexibility index (Phi) is 4.33. The lowest BCUT2D eigenvalue weighted by Gasteiger charge is -2.26. The van der Waals surface area contributed by atoms with Crippen molar-refractivity contribution in [3.8, 4) is 0 Å². The average Bonchev–Trinajstić information content (AvgIpc) is 2.82. The molecule has 1 aliphatic rings. The van der Waals surface area contributed by atoms with Crippen LogP contribution in [0, 0.1) is 6.92 Å². The van der Waals surface area contributed by atoms with Crippen LogP contribution >= 0.6 is 11.6 Å². The number of carbonyl (C=O) groups excluding carboxylic acids is 2. The molecule has 0 bridgehead atoms. The van der Waals surface area contributed by atoms with Gasteiger partial charge in [0, 0.05) is 5.02 Å². The molecule has 4 nitrogen and oxygen atoms in total. The summed E-state index contributed by atoms with van der Waals surface area (Å²) in [4.78, 5) is 26.9. The third-order valence-electron chi connectivity index (χ3n) is 4.63. The van der Waals surface area contributed by atoms with Crippen molar-refractivity contribution in [1.82, 2.24) is 10.2 Å². The predicted molar refractivity (Wildman–Crippen MR) is 93.7 cm³/mol. The lowest BCUT2D eigenvalue weighted by molar-refractivity contribution is -0.132. The molecule has 1 unspecified atom stereocenters. The van der Waals surface area contributed by atoms with E-state index in [9.17, 15) is 9.59 Å². The molecule has 1 atom stereocenters. The molecule has 1 fully saturated rings. The van der Waals surface area contributed by atoms with Gasteiger partial charge in [0.25, 0.3) is 5.91 Å². The van der Waals surface area contributed by atoms with Crippen LogP contribution in [0.5, 0.6) is 0 Å². The van der Waals surface area contributed by atoms with Gasteiger partial charge in [0.2, 0.25) is 0 Å². The molecule has 0 aliphatic carbocycles. The Morgan fingerprint density at radius 3 is 2.38 bits per heavy atom. The van der Waals surface area contributed by atoms with Gasteiger partial charge in [-0.2, -0.15) is 0 Å². The van der Waals surface area contributed by atoms with Crippen molar-refractivity contribution in [2.75, 3.05) is 0 Å². The molecule has 3 amide bonds. The number of carbonyl (C=O) groups is 2. The normalized spacial score (nSPS) is 20.4. The van der Waals surface area contributed by atoms with E-state index in [2.05, 4.69) is 5.32 Å². The number of hydrogen-bond donors (Lipinski definition) is 1. The number of imide groups is 1. The first-order chi connectivity index (χ1) is 11.5. The van der Waals surface area contributed by atoms with Gasteiger partial charge in [-0.25, -0.2) is 4.79 Å². The van der Waals surface area contributed by atoms with Gasteiger partial charge < -0.3 is 5.32 Å². The van der Waals surface area contributed by atoms with Crippen molar-refractivity contribution in [2.24, 2.45) is 0 Å². The zero-order valence-corrected chi connectivity index (χ0v) is 14.4. The minimum absolute atomic E-state index is 0.222. The molecule has 1 saturated heterocycles. The molecule has 0 spiro atoms. The van der Waals surface area contributed by atoms with Crippen LogP contribution in [0.4, 0.5) is 4.79 Å². The summed E-state index contributed by atoms with van der Waals surface area (Å²) in [6, 6.07) is 14.4. The number of benzene rings is 2. The molecular formula is C19H19ClN2O2. The Morgan fingerprint density at radius 2 is 1.75 bits per heavy atom. The number of nitrogens with one attached hydrogen (secondary N) is 1. The molecule has 1 aliphatic heterocycles. The number of hydrogen-bond acceptors (Lipinski definition) is 2. The summed E-state index contributed by atoms with van der Waals surface area (Å²) in [7, 11) is 0. The first kappa shape index (κ1) is 16.5. The first-order valence-corrected chi connectivity index (χ1v) is 8.30. The highest BCUT2D eigenvalue weighted by molar-refractivity contribution is 6.30. The average molecular weight is 343 g/mol. The van der Waals surface area contributed by atoms with Crippen molar-refractivity contribution < 1.29 is 9.59 Å². The third-order valence-corrected chi connectivity index (χ3v) is 4.88.